The number of carbonyl (C=O) groups is 1. The summed E-state index contributed by atoms with van der Waals surface area (Å²) in [7, 11) is 0. The van der Waals surface area contributed by atoms with E-state index in [2.05, 4.69) is 62.4 Å². The van der Waals surface area contributed by atoms with E-state index in [1.54, 1.807) is 6.20 Å². The van der Waals surface area contributed by atoms with Gasteiger partial charge < -0.3 is 14.8 Å². The van der Waals surface area contributed by atoms with Crippen molar-refractivity contribution in [3.8, 4) is 11.5 Å². The second kappa shape index (κ2) is 11.0. The number of benzene rings is 2. The predicted octanol–water partition coefficient (Wildman–Crippen LogP) is 6.65. The van der Waals surface area contributed by atoms with E-state index in [4.69, 9.17) is 9.47 Å². The van der Waals surface area contributed by atoms with Crippen molar-refractivity contribution in [3.63, 3.8) is 0 Å². The minimum atomic E-state index is -0.0984. The number of amides is 1. The monoisotopic (exact) mass is 475 g/mol. The summed E-state index contributed by atoms with van der Waals surface area (Å²) in [4.78, 5) is 13.4. The van der Waals surface area contributed by atoms with Crippen LogP contribution in [0.5, 0.6) is 11.5 Å². The van der Waals surface area contributed by atoms with Crippen LogP contribution < -0.4 is 14.8 Å². The van der Waals surface area contributed by atoms with Crippen LogP contribution in [-0.2, 0) is 16.8 Å². The molecule has 1 amide bonds. The number of anilines is 1. The number of carbonyl (C=O) groups excluding carboxylic acids is 1. The Morgan fingerprint density at radius 3 is 2.74 bits per heavy atom. The molecule has 0 saturated carbocycles. The van der Waals surface area contributed by atoms with Gasteiger partial charge in [0.25, 0.3) is 0 Å². The summed E-state index contributed by atoms with van der Waals surface area (Å²) < 4.78 is 13.3. The lowest BCUT2D eigenvalue weighted by atomic mass is 9.85. The molecule has 0 saturated heterocycles. The summed E-state index contributed by atoms with van der Waals surface area (Å²) in [5.41, 5.74) is 4.06. The lowest BCUT2D eigenvalue weighted by Crippen LogP contribution is -2.21. The number of hydrogen-bond donors (Lipinski definition) is 1. The number of fused-ring (bicyclic) bond motifs is 1. The summed E-state index contributed by atoms with van der Waals surface area (Å²) in [6, 6.07) is 14.2. The van der Waals surface area contributed by atoms with Crippen LogP contribution in [0.2, 0.25) is 0 Å². The Morgan fingerprint density at radius 1 is 1.14 bits per heavy atom. The van der Waals surface area contributed by atoms with Crippen LogP contribution in [0.3, 0.4) is 0 Å². The Hall–Kier alpha value is -3.28. The van der Waals surface area contributed by atoms with Gasteiger partial charge in [-0.1, -0.05) is 71.2 Å². The third-order valence-corrected chi connectivity index (χ3v) is 6.52. The molecular weight excluding hydrogens is 438 g/mol. The number of ether oxygens (including phenoxy) is 2. The summed E-state index contributed by atoms with van der Waals surface area (Å²) in [6.45, 7) is 9.60. The van der Waals surface area contributed by atoms with Gasteiger partial charge in [0.2, 0.25) is 12.7 Å². The Kier molecular flexibility index (Phi) is 7.79. The lowest BCUT2D eigenvalue weighted by Gasteiger charge is -2.25. The molecule has 1 atom stereocenters. The molecule has 0 fully saturated rings. The molecule has 6 nitrogen and oxygen atoms in total. The average Bonchev–Trinajstić information content (AvgIpc) is 3.49. The number of nitrogens with zero attached hydrogens (tertiary/aromatic N) is 2. The maximum absolute atomic E-state index is 13.4. The van der Waals surface area contributed by atoms with Gasteiger partial charge in [-0.3, -0.25) is 9.48 Å². The van der Waals surface area contributed by atoms with Crippen LogP contribution in [0.4, 0.5) is 5.69 Å². The third-order valence-electron chi connectivity index (χ3n) is 6.52. The van der Waals surface area contributed by atoms with Gasteiger partial charge in [0.15, 0.2) is 11.5 Å². The summed E-state index contributed by atoms with van der Waals surface area (Å²) in [5, 5.41) is 7.57. The first-order valence-electron chi connectivity index (χ1n) is 12.6. The molecule has 186 valence electrons. The van der Waals surface area contributed by atoms with Crippen LogP contribution in [0.25, 0.3) is 0 Å². The van der Waals surface area contributed by atoms with Crippen molar-refractivity contribution in [3.05, 3.63) is 71.5 Å². The molecule has 1 aromatic heterocycles. The van der Waals surface area contributed by atoms with Crippen LogP contribution in [0.1, 0.15) is 82.4 Å². The molecule has 4 rings (SSSR count). The SMILES string of the molecule is CCCCCC(CC(=O)Nc1cc(Cn2cccn2)ccc1C(C)(C)C)c1cccc2c1OCO2. The molecule has 1 N–H and O–H groups in total. The van der Waals surface area contributed by atoms with Crippen LogP contribution in [0.15, 0.2) is 54.9 Å². The van der Waals surface area contributed by atoms with E-state index < -0.39 is 0 Å². The van der Waals surface area contributed by atoms with Gasteiger partial charge in [-0.15, -0.1) is 0 Å². The molecule has 2 aromatic carbocycles. The molecule has 2 heterocycles. The first kappa shape index (κ1) is 24.8. The molecule has 1 aliphatic rings. The number of nitrogens with one attached hydrogen (secondary N) is 1. The van der Waals surface area contributed by atoms with Crippen molar-refractivity contribution < 1.29 is 14.3 Å². The number of aromatic nitrogens is 2. The molecule has 0 aliphatic carbocycles. The zero-order chi connectivity index (χ0) is 24.8. The van der Waals surface area contributed by atoms with Gasteiger partial charge in [-0.05, 0) is 47.1 Å². The Labute approximate surface area is 208 Å². The van der Waals surface area contributed by atoms with Crippen LogP contribution in [0, 0.1) is 0 Å². The van der Waals surface area contributed by atoms with E-state index in [1.165, 1.54) is 0 Å². The van der Waals surface area contributed by atoms with E-state index in [9.17, 15) is 4.79 Å². The molecular formula is C29H37N3O3. The minimum Gasteiger partial charge on any atom is -0.454 e. The van der Waals surface area contributed by atoms with Crippen LogP contribution in [-0.4, -0.2) is 22.5 Å². The molecule has 0 radical (unpaired) electrons. The van der Waals surface area contributed by atoms with E-state index >= 15 is 0 Å². The highest BCUT2D eigenvalue weighted by Crippen LogP contribution is 2.42. The standard InChI is InChI=1S/C29H37N3O3/c1-5-6-7-10-22(23-11-8-12-26-28(23)35-20-34-26)18-27(33)31-25-17-21(19-32-16-9-15-30-32)13-14-24(25)29(2,3)4/h8-9,11-17,22H,5-7,10,18-20H2,1-4H3,(H,31,33). The molecule has 1 aliphatic heterocycles. The quantitative estimate of drug-likeness (QED) is 0.333. The predicted molar refractivity (Wildman–Crippen MR) is 139 cm³/mol. The highest BCUT2D eigenvalue weighted by atomic mass is 16.7. The van der Waals surface area contributed by atoms with E-state index in [0.717, 1.165) is 59.6 Å². The van der Waals surface area contributed by atoms with Crippen molar-refractivity contribution in [2.24, 2.45) is 0 Å². The van der Waals surface area contributed by atoms with Crippen molar-refractivity contribution in [1.29, 1.82) is 0 Å². The van der Waals surface area contributed by atoms with Gasteiger partial charge in [0.1, 0.15) is 0 Å². The highest BCUT2D eigenvalue weighted by Gasteiger charge is 2.26. The first-order chi connectivity index (χ1) is 16.8. The van der Waals surface area contributed by atoms with Gasteiger partial charge in [-0.2, -0.15) is 5.10 Å². The Morgan fingerprint density at radius 2 is 2.00 bits per heavy atom. The van der Waals surface area contributed by atoms with E-state index in [-0.39, 0.29) is 24.0 Å². The second-order valence-corrected chi connectivity index (χ2v) is 10.4. The zero-order valence-electron chi connectivity index (χ0n) is 21.3. The summed E-state index contributed by atoms with van der Waals surface area (Å²) in [5.74, 6) is 1.65. The lowest BCUT2D eigenvalue weighted by molar-refractivity contribution is -0.116. The second-order valence-electron chi connectivity index (χ2n) is 10.4. The summed E-state index contributed by atoms with van der Waals surface area (Å²) >= 11 is 0. The Balaban J connectivity index is 1.56. The van der Waals surface area contributed by atoms with E-state index in [1.807, 2.05) is 29.1 Å². The molecule has 0 bridgehead atoms. The third kappa shape index (κ3) is 6.24. The van der Waals surface area contributed by atoms with Gasteiger partial charge in [0, 0.05) is 30.1 Å². The number of unbranched alkanes of at least 4 members (excludes halogenated alkanes) is 2. The molecule has 35 heavy (non-hydrogen) atoms. The van der Waals surface area contributed by atoms with E-state index in [0.29, 0.717) is 13.0 Å². The Bertz CT molecular complexity index is 1130. The summed E-state index contributed by atoms with van der Waals surface area (Å²) in [6.07, 6.45) is 8.42. The normalized spacial score (nSPS) is 13.6. The largest absolute Gasteiger partial charge is 0.454 e. The zero-order valence-corrected chi connectivity index (χ0v) is 21.3. The molecule has 6 heteroatoms. The fourth-order valence-electron chi connectivity index (χ4n) is 4.74. The fraction of sp³-hybridized carbons (Fsp3) is 0.448. The van der Waals surface area contributed by atoms with Crippen molar-refractivity contribution in [2.75, 3.05) is 12.1 Å². The fourth-order valence-corrected chi connectivity index (χ4v) is 4.74. The molecule has 1 unspecified atom stereocenters. The first-order valence-corrected chi connectivity index (χ1v) is 12.6. The van der Waals surface area contributed by atoms with Gasteiger partial charge in [-0.25, -0.2) is 0 Å². The minimum absolute atomic E-state index is 0.0183. The number of rotatable bonds is 10. The molecule has 0 spiro atoms. The smallest absolute Gasteiger partial charge is 0.231 e. The van der Waals surface area contributed by atoms with Gasteiger partial charge in [0.05, 0.1) is 6.54 Å². The highest BCUT2D eigenvalue weighted by molar-refractivity contribution is 5.92. The molecule has 3 aromatic rings. The number of hydrogen-bond acceptors (Lipinski definition) is 4. The maximum atomic E-state index is 13.4. The average molecular weight is 476 g/mol. The topological polar surface area (TPSA) is 65.4 Å². The van der Waals surface area contributed by atoms with Crippen LogP contribution >= 0.6 is 0 Å². The van der Waals surface area contributed by atoms with Crippen molar-refractivity contribution in [2.45, 2.75) is 77.7 Å². The van der Waals surface area contributed by atoms with Crippen molar-refractivity contribution >= 4 is 11.6 Å². The van der Waals surface area contributed by atoms with Gasteiger partial charge >= 0.3 is 0 Å². The maximum Gasteiger partial charge on any atom is 0.231 e. The van der Waals surface area contributed by atoms with Crippen molar-refractivity contribution in [1.82, 2.24) is 9.78 Å². The number of para-hydroxylation sites is 1.